The van der Waals surface area contributed by atoms with Gasteiger partial charge in [0.2, 0.25) is 5.91 Å². The smallest absolute Gasteiger partial charge is 0.230 e. The first-order valence-corrected chi connectivity index (χ1v) is 7.87. The van der Waals surface area contributed by atoms with E-state index in [-0.39, 0.29) is 11.9 Å². The van der Waals surface area contributed by atoms with Crippen molar-refractivity contribution < 1.29 is 4.79 Å². The maximum Gasteiger partial charge on any atom is 0.230 e. The van der Waals surface area contributed by atoms with Gasteiger partial charge in [-0.2, -0.15) is 0 Å². The molecule has 1 aromatic heterocycles. The summed E-state index contributed by atoms with van der Waals surface area (Å²) >= 11 is 7.32. The highest BCUT2D eigenvalue weighted by atomic mass is 35.5. The van der Waals surface area contributed by atoms with Gasteiger partial charge in [-0.3, -0.25) is 4.79 Å². The van der Waals surface area contributed by atoms with Gasteiger partial charge in [-0.15, -0.1) is 10.2 Å². The molecule has 21 heavy (non-hydrogen) atoms. The number of nitrogens with one attached hydrogen (secondary N) is 1. The first-order chi connectivity index (χ1) is 9.97. The molecule has 1 amide bonds. The van der Waals surface area contributed by atoms with Crippen LogP contribution in [0.25, 0.3) is 0 Å². The monoisotopic (exact) mass is 324 g/mol. The third kappa shape index (κ3) is 4.22. The molecule has 0 bridgehead atoms. The van der Waals surface area contributed by atoms with Gasteiger partial charge in [0, 0.05) is 12.1 Å². The first-order valence-electron chi connectivity index (χ1n) is 6.51. The third-order valence-electron chi connectivity index (χ3n) is 3.11. The molecule has 1 N–H and O–H groups in total. The fourth-order valence-corrected chi connectivity index (χ4v) is 2.75. The quantitative estimate of drug-likeness (QED) is 0.859. The Hall–Kier alpha value is -1.53. The summed E-state index contributed by atoms with van der Waals surface area (Å²) in [7, 11) is 1.88. The number of carbonyl (C=O) groups is 1. The largest absolute Gasteiger partial charge is 0.349 e. The number of hydrogen-bond acceptors (Lipinski definition) is 4. The fraction of sp³-hybridized carbons (Fsp3) is 0.357. The topological polar surface area (TPSA) is 59.8 Å². The summed E-state index contributed by atoms with van der Waals surface area (Å²) in [5, 5.41) is 12.3. The van der Waals surface area contributed by atoms with Crippen LogP contribution in [0.15, 0.2) is 29.4 Å². The van der Waals surface area contributed by atoms with Crippen molar-refractivity contribution in [2.45, 2.75) is 25.0 Å². The second kappa shape index (κ2) is 6.95. The van der Waals surface area contributed by atoms with Gasteiger partial charge in [0.25, 0.3) is 0 Å². The van der Waals surface area contributed by atoms with Crippen molar-refractivity contribution >= 4 is 29.3 Å². The SMILES string of the molecule is Cc1nnc(SCC(=O)N[C@H](C)c2cccc(Cl)c2)n1C. The molecule has 1 atom stereocenters. The van der Waals surface area contributed by atoms with E-state index in [0.29, 0.717) is 10.8 Å². The molecule has 2 aromatic rings. The standard InChI is InChI=1S/C14H17ClN4OS/c1-9(11-5-4-6-12(15)7-11)16-13(20)8-21-14-18-17-10(2)19(14)3/h4-7,9H,8H2,1-3H3,(H,16,20)/t9-/m1/s1. The van der Waals surface area contributed by atoms with Crippen molar-refractivity contribution in [3.63, 3.8) is 0 Å². The van der Waals surface area contributed by atoms with Gasteiger partial charge in [-0.05, 0) is 31.5 Å². The number of rotatable bonds is 5. The summed E-state index contributed by atoms with van der Waals surface area (Å²) in [6, 6.07) is 7.39. The molecule has 0 aliphatic rings. The molecule has 2 rings (SSSR count). The Balaban J connectivity index is 1.88. The molecular formula is C14H17ClN4OS. The number of halogens is 1. The maximum absolute atomic E-state index is 12.0. The molecule has 7 heteroatoms. The van der Waals surface area contributed by atoms with E-state index in [1.54, 1.807) is 0 Å². The summed E-state index contributed by atoms with van der Waals surface area (Å²) in [5.74, 6) is 1.08. The zero-order valence-corrected chi connectivity index (χ0v) is 13.7. The summed E-state index contributed by atoms with van der Waals surface area (Å²) in [4.78, 5) is 12.0. The number of hydrogen-bond donors (Lipinski definition) is 1. The minimum Gasteiger partial charge on any atom is -0.349 e. The number of carbonyl (C=O) groups excluding carboxylic acids is 1. The van der Waals surface area contributed by atoms with Crippen LogP contribution in [0, 0.1) is 6.92 Å². The third-order valence-corrected chi connectivity index (χ3v) is 4.37. The highest BCUT2D eigenvalue weighted by molar-refractivity contribution is 7.99. The molecule has 0 unspecified atom stereocenters. The number of thioether (sulfide) groups is 1. The van der Waals surface area contributed by atoms with Crippen LogP contribution in [0.2, 0.25) is 5.02 Å². The fourth-order valence-electron chi connectivity index (χ4n) is 1.79. The van der Waals surface area contributed by atoms with Gasteiger partial charge in [-0.1, -0.05) is 35.5 Å². The zero-order valence-electron chi connectivity index (χ0n) is 12.1. The van der Waals surface area contributed by atoms with Gasteiger partial charge in [0.15, 0.2) is 5.16 Å². The molecule has 0 saturated heterocycles. The molecule has 0 spiro atoms. The van der Waals surface area contributed by atoms with Crippen molar-refractivity contribution in [3.05, 3.63) is 40.7 Å². The molecule has 0 aliphatic heterocycles. The number of benzene rings is 1. The molecule has 1 heterocycles. The van der Waals surface area contributed by atoms with Crippen LogP contribution in [0.4, 0.5) is 0 Å². The molecule has 112 valence electrons. The van der Waals surface area contributed by atoms with Crippen LogP contribution < -0.4 is 5.32 Å². The molecule has 0 saturated carbocycles. The number of aromatic nitrogens is 3. The van der Waals surface area contributed by atoms with Crippen LogP contribution in [-0.4, -0.2) is 26.4 Å². The Morgan fingerprint density at radius 1 is 1.48 bits per heavy atom. The zero-order chi connectivity index (χ0) is 15.4. The molecule has 0 fully saturated rings. The van der Waals surface area contributed by atoms with E-state index in [1.165, 1.54) is 11.8 Å². The Bertz CT molecular complexity index is 644. The average molecular weight is 325 g/mol. The number of amides is 1. The molecule has 5 nitrogen and oxygen atoms in total. The van der Waals surface area contributed by atoms with E-state index in [9.17, 15) is 4.79 Å². The van der Waals surface area contributed by atoms with E-state index in [1.807, 2.05) is 49.7 Å². The lowest BCUT2D eigenvalue weighted by atomic mass is 10.1. The Labute approximate surface area is 133 Å². The normalized spacial score (nSPS) is 12.2. The Morgan fingerprint density at radius 3 is 2.86 bits per heavy atom. The second-order valence-electron chi connectivity index (χ2n) is 4.72. The lowest BCUT2D eigenvalue weighted by molar-refractivity contribution is -0.119. The van der Waals surface area contributed by atoms with Gasteiger partial charge in [0.05, 0.1) is 11.8 Å². The van der Waals surface area contributed by atoms with Crippen LogP contribution in [0.1, 0.15) is 24.4 Å². The van der Waals surface area contributed by atoms with Gasteiger partial charge >= 0.3 is 0 Å². The van der Waals surface area contributed by atoms with Crippen molar-refractivity contribution in [1.29, 1.82) is 0 Å². The van der Waals surface area contributed by atoms with Gasteiger partial charge in [0.1, 0.15) is 5.82 Å². The Morgan fingerprint density at radius 2 is 2.24 bits per heavy atom. The maximum atomic E-state index is 12.0. The summed E-state index contributed by atoms with van der Waals surface area (Å²) in [6.45, 7) is 3.80. The van der Waals surface area contributed by atoms with Crippen LogP contribution in [0.3, 0.4) is 0 Å². The lowest BCUT2D eigenvalue weighted by Gasteiger charge is -2.14. The molecule has 0 aliphatic carbocycles. The Kier molecular flexibility index (Phi) is 5.25. The minimum atomic E-state index is -0.0852. The minimum absolute atomic E-state index is 0.0480. The van der Waals surface area contributed by atoms with Crippen molar-refractivity contribution in [1.82, 2.24) is 20.1 Å². The first kappa shape index (κ1) is 15.9. The number of aryl methyl sites for hydroxylation is 1. The predicted molar refractivity (Wildman–Crippen MR) is 84.5 cm³/mol. The predicted octanol–water partition coefficient (Wildman–Crippen LogP) is 2.75. The van der Waals surface area contributed by atoms with Crippen LogP contribution in [0.5, 0.6) is 0 Å². The second-order valence-corrected chi connectivity index (χ2v) is 6.10. The van der Waals surface area contributed by atoms with E-state index in [4.69, 9.17) is 11.6 Å². The molecule has 0 radical (unpaired) electrons. The van der Waals surface area contributed by atoms with Gasteiger partial charge < -0.3 is 9.88 Å². The summed E-state index contributed by atoms with van der Waals surface area (Å²) in [5.41, 5.74) is 0.982. The summed E-state index contributed by atoms with van der Waals surface area (Å²) < 4.78 is 1.86. The van der Waals surface area contributed by atoms with E-state index in [0.717, 1.165) is 16.5 Å². The van der Waals surface area contributed by atoms with E-state index in [2.05, 4.69) is 15.5 Å². The molecule has 1 aromatic carbocycles. The van der Waals surface area contributed by atoms with Crippen LogP contribution in [-0.2, 0) is 11.8 Å². The van der Waals surface area contributed by atoms with Gasteiger partial charge in [-0.25, -0.2) is 0 Å². The highest BCUT2D eigenvalue weighted by Gasteiger charge is 2.12. The van der Waals surface area contributed by atoms with Crippen molar-refractivity contribution in [3.8, 4) is 0 Å². The highest BCUT2D eigenvalue weighted by Crippen LogP contribution is 2.18. The number of nitrogens with zero attached hydrogens (tertiary/aromatic N) is 3. The van der Waals surface area contributed by atoms with Crippen molar-refractivity contribution in [2.24, 2.45) is 7.05 Å². The van der Waals surface area contributed by atoms with Crippen LogP contribution >= 0.6 is 23.4 Å². The summed E-state index contributed by atoms with van der Waals surface area (Å²) in [6.07, 6.45) is 0. The average Bonchev–Trinajstić information content (AvgIpc) is 2.76. The molecular weight excluding hydrogens is 308 g/mol. The van der Waals surface area contributed by atoms with E-state index < -0.39 is 0 Å². The van der Waals surface area contributed by atoms with E-state index >= 15 is 0 Å². The lowest BCUT2D eigenvalue weighted by Crippen LogP contribution is -2.28. The van der Waals surface area contributed by atoms with Crippen molar-refractivity contribution in [2.75, 3.05) is 5.75 Å².